The summed E-state index contributed by atoms with van der Waals surface area (Å²) in [5.74, 6) is -0.254. The minimum atomic E-state index is -0.832. The van der Waals surface area contributed by atoms with E-state index in [9.17, 15) is 4.79 Å². The van der Waals surface area contributed by atoms with Crippen LogP contribution >= 0.6 is 23.2 Å². The van der Waals surface area contributed by atoms with E-state index in [1.165, 1.54) is 0 Å². The highest BCUT2D eigenvalue weighted by Crippen LogP contribution is 2.49. The highest BCUT2D eigenvalue weighted by atomic mass is 35.5. The Morgan fingerprint density at radius 3 is 2.17 bits per heavy atom. The molecule has 0 N–H and O–H groups in total. The number of halogens is 2. The van der Waals surface area contributed by atoms with Crippen LogP contribution in [-0.2, 0) is 9.53 Å². The molecule has 1 rings (SSSR count). The molecule has 12 heavy (non-hydrogen) atoms. The van der Waals surface area contributed by atoms with Gasteiger partial charge < -0.3 is 4.74 Å². The van der Waals surface area contributed by atoms with Crippen LogP contribution in [0.5, 0.6) is 0 Å². The van der Waals surface area contributed by atoms with Crippen LogP contribution in [0, 0.1) is 5.41 Å². The van der Waals surface area contributed by atoms with Crippen LogP contribution in [0.15, 0.2) is 0 Å². The molecule has 0 aromatic heterocycles. The quantitative estimate of drug-likeness (QED) is 0.492. The second-order valence-corrected chi connectivity index (χ2v) is 5.65. The smallest absolute Gasteiger partial charge is 0.311 e. The first-order valence-electron chi connectivity index (χ1n) is 3.82. The van der Waals surface area contributed by atoms with Crippen molar-refractivity contribution in [1.82, 2.24) is 0 Å². The minimum absolute atomic E-state index is 0.254. The highest BCUT2D eigenvalue weighted by Gasteiger charge is 2.55. The second kappa shape index (κ2) is 2.78. The average molecular weight is 211 g/mol. The minimum Gasteiger partial charge on any atom is -0.459 e. The predicted octanol–water partition coefficient (Wildman–Crippen LogP) is 2.52. The van der Waals surface area contributed by atoms with Gasteiger partial charge in [-0.05, 0) is 20.8 Å². The largest absolute Gasteiger partial charge is 0.459 e. The number of esters is 1. The number of hydrogen-bond acceptors (Lipinski definition) is 2. The van der Waals surface area contributed by atoms with E-state index in [-0.39, 0.29) is 12.1 Å². The first-order chi connectivity index (χ1) is 5.23. The van der Waals surface area contributed by atoms with Gasteiger partial charge in [-0.25, -0.2) is 0 Å². The summed E-state index contributed by atoms with van der Waals surface area (Å²) in [6.07, 6.45) is 0.227. The standard InChI is InChI=1S/C8H12Cl2O2/c1-7(2,3)6(11)12-5-4-8(5,9)10/h5H,4H2,1-3H3/t5-/m0/s1. The lowest BCUT2D eigenvalue weighted by atomic mass is 9.97. The van der Waals surface area contributed by atoms with Crippen molar-refractivity contribution in [3.63, 3.8) is 0 Å². The topological polar surface area (TPSA) is 26.3 Å². The Hall–Kier alpha value is 0.0500. The highest BCUT2D eigenvalue weighted by molar-refractivity contribution is 6.51. The van der Waals surface area contributed by atoms with Crippen molar-refractivity contribution in [2.75, 3.05) is 0 Å². The molecule has 0 spiro atoms. The van der Waals surface area contributed by atoms with Gasteiger partial charge in [0.1, 0.15) is 6.10 Å². The van der Waals surface area contributed by atoms with Crippen LogP contribution in [0.3, 0.4) is 0 Å². The molecule has 0 bridgehead atoms. The summed E-state index contributed by atoms with van der Waals surface area (Å²) in [7, 11) is 0. The van der Waals surface area contributed by atoms with Crippen molar-refractivity contribution in [1.29, 1.82) is 0 Å². The maximum Gasteiger partial charge on any atom is 0.311 e. The van der Waals surface area contributed by atoms with Gasteiger partial charge in [0.05, 0.1) is 5.41 Å². The molecule has 1 saturated carbocycles. The number of alkyl halides is 2. The molecule has 1 fully saturated rings. The molecule has 0 unspecified atom stereocenters. The van der Waals surface area contributed by atoms with E-state index in [4.69, 9.17) is 27.9 Å². The van der Waals surface area contributed by atoms with Crippen molar-refractivity contribution >= 4 is 29.2 Å². The first-order valence-corrected chi connectivity index (χ1v) is 4.58. The van der Waals surface area contributed by atoms with Gasteiger partial charge in [0.15, 0.2) is 4.33 Å². The third-order valence-corrected chi connectivity index (χ3v) is 2.43. The Balaban J connectivity index is 2.40. The molecule has 0 saturated heterocycles. The van der Waals surface area contributed by atoms with Gasteiger partial charge in [-0.1, -0.05) is 23.2 Å². The Morgan fingerprint density at radius 1 is 1.50 bits per heavy atom. The predicted molar refractivity (Wildman–Crippen MR) is 48.4 cm³/mol. The van der Waals surface area contributed by atoms with Crippen LogP contribution in [0.2, 0.25) is 0 Å². The lowest BCUT2D eigenvalue weighted by Crippen LogP contribution is -2.25. The van der Waals surface area contributed by atoms with E-state index < -0.39 is 9.75 Å². The number of ether oxygens (including phenoxy) is 1. The summed E-state index contributed by atoms with van der Waals surface area (Å²) in [6.45, 7) is 5.38. The Kier molecular flexibility index (Phi) is 2.34. The zero-order valence-electron chi connectivity index (χ0n) is 7.36. The molecule has 0 aliphatic heterocycles. The third kappa shape index (κ3) is 2.27. The van der Waals surface area contributed by atoms with Gasteiger partial charge in [0.2, 0.25) is 0 Å². The summed E-state index contributed by atoms with van der Waals surface area (Å²) in [4.78, 5) is 11.3. The SMILES string of the molecule is CC(C)(C)C(=O)O[C@H]1CC1(Cl)Cl. The van der Waals surface area contributed by atoms with E-state index in [1.807, 2.05) is 0 Å². The molecule has 2 nitrogen and oxygen atoms in total. The fourth-order valence-electron chi connectivity index (χ4n) is 0.622. The molecule has 1 aliphatic rings. The van der Waals surface area contributed by atoms with Crippen molar-refractivity contribution in [3.05, 3.63) is 0 Å². The monoisotopic (exact) mass is 210 g/mol. The Bertz CT molecular complexity index is 206. The van der Waals surface area contributed by atoms with Crippen LogP contribution < -0.4 is 0 Å². The van der Waals surface area contributed by atoms with Crippen molar-refractivity contribution in [3.8, 4) is 0 Å². The summed E-state index contributed by atoms with van der Waals surface area (Å²) in [5.41, 5.74) is -0.480. The fourth-order valence-corrected chi connectivity index (χ4v) is 0.991. The van der Waals surface area contributed by atoms with Crippen molar-refractivity contribution in [2.45, 2.75) is 37.6 Å². The Morgan fingerprint density at radius 2 is 1.92 bits per heavy atom. The van der Waals surface area contributed by atoms with Gasteiger partial charge in [-0.2, -0.15) is 0 Å². The van der Waals surface area contributed by atoms with E-state index in [0.29, 0.717) is 6.42 Å². The lowest BCUT2D eigenvalue weighted by molar-refractivity contribution is -0.154. The molecule has 0 radical (unpaired) electrons. The van der Waals surface area contributed by atoms with Gasteiger partial charge in [-0.15, -0.1) is 0 Å². The summed E-state index contributed by atoms with van der Waals surface area (Å²) in [6, 6.07) is 0. The van der Waals surface area contributed by atoms with Crippen molar-refractivity contribution < 1.29 is 9.53 Å². The molecule has 1 aliphatic carbocycles. The molecule has 1 atom stereocenters. The third-order valence-electron chi connectivity index (χ3n) is 1.63. The maximum absolute atomic E-state index is 11.3. The number of carbonyl (C=O) groups excluding carboxylic acids is 1. The summed E-state index contributed by atoms with van der Waals surface area (Å²) in [5, 5.41) is 0. The fraction of sp³-hybridized carbons (Fsp3) is 0.875. The number of rotatable bonds is 1. The van der Waals surface area contributed by atoms with Crippen molar-refractivity contribution in [2.24, 2.45) is 5.41 Å². The summed E-state index contributed by atoms with van der Waals surface area (Å²) < 4.78 is 4.21. The van der Waals surface area contributed by atoms with Crippen LogP contribution in [0.1, 0.15) is 27.2 Å². The lowest BCUT2D eigenvalue weighted by Gasteiger charge is -2.16. The zero-order valence-corrected chi connectivity index (χ0v) is 8.87. The average Bonchev–Trinajstić information content (AvgIpc) is 2.36. The number of hydrogen-bond donors (Lipinski definition) is 0. The Labute approximate surface area is 82.2 Å². The molecule has 4 heteroatoms. The van der Waals surface area contributed by atoms with Crippen LogP contribution in [-0.4, -0.2) is 16.4 Å². The molecule has 70 valence electrons. The molecule has 0 aromatic rings. The van der Waals surface area contributed by atoms with Gasteiger partial charge in [0, 0.05) is 6.42 Å². The first kappa shape index (κ1) is 10.1. The number of carbonyl (C=O) groups is 1. The van der Waals surface area contributed by atoms with Gasteiger partial charge >= 0.3 is 5.97 Å². The van der Waals surface area contributed by atoms with E-state index in [0.717, 1.165) is 0 Å². The molecular formula is C8H12Cl2O2. The van der Waals surface area contributed by atoms with Gasteiger partial charge in [-0.3, -0.25) is 4.79 Å². The van der Waals surface area contributed by atoms with E-state index >= 15 is 0 Å². The normalized spacial score (nSPS) is 26.6. The molecule has 0 heterocycles. The van der Waals surface area contributed by atoms with Crippen LogP contribution in [0.25, 0.3) is 0 Å². The molecule has 0 amide bonds. The maximum atomic E-state index is 11.3. The molecular weight excluding hydrogens is 199 g/mol. The van der Waals surface area contributed by atoms with E-state index in [1.54, 1.807) is 20.8 Å². The zero-order chi connectivity index (χ0) is 9.57. The van der Waals surface area contributed by atoms with Crippen LogP contribution in [0.4, 0.5) is 0 Å². The summed E-state index contributed by atoms with van der Waals surface area (Å²) >= 11 is 11.4. The second-order valence-electron chi connectivity index (χ2n) is 4.11. The molecule has 0 aromatic carbocycles. The van der Waals surface area contributed by atoms with E-state index in [2.05, 4.69) is 0 Å². The van der Waals surface area contributed by atoms with Gasteiger partial charge in [0.25, 0.3) is 0 Å².